The zero-order chi connectivity index (χ0) is 17.9. The first-order valence-corrected chi connectivity index (χ1v) is 10.0. The van der Waals surface area contributed by atoms with E-state index in [4.69, 9.17) is 0 Å². The Morgan fingerprint density at radius 1 is 1.24 bits per heavy atom. The number of benzene rings is 1. The number of thioether (sulfide) groups is 1. The molecule has 0 atom stereocenters. The molecular formula is C19H25FN2O2S. The third-order valence-corrected chi connectivity index (χ3v) is 6.69. The van der Waals surface area contributed by atoms with Crippen LogP contribution in [0.5, 0.6) is 0 Å². The van der Waals surface area contributed by atoms with Crippen LogP contribution in [0.1, 0.15) is 49.4 Å². The van der Waals surface area contributed by atoms with E-state index in [1.165, 1.54) is 12.1 Å². The lowest BCUT2D eigenvalue weighted by Gasteiger charge is -2.44. The highest BCUT2D eigenvalue weighted by molar-refractivity contribution is 8.00. The van der Waals surface area contributed by atoms with Crippen molar-refractivity contribution >= 4 is 23.6 Å². The second-order valence-corrected chi connectivity index (χ2v) is 8.20. The molecule has 6 heteroatoms. The topological polar surface area (TPSA) is 40.6 Å². The normalized spacial score (nSPS) is 19.4. The summed E-state index contributed by atoms with van der Waals surface area (Å²) in [6, 6.07) is 5.91. The summed E-state index contributed by atoms with van der Waals surface area (Å²) in [4.78, 5) is 28.7. The molecule has 136 valence electrons. The van der Waals surface area contributed by atoms with Crippen LogP contribution < -0.4 is 0 Å². The Bertz CT molecular complexity index is 644. The van der Waals surface area contributed by atoms with Crippen LogP contribution in [0.3, 0.4) is 0 Å². The van der Waals surface area contributed by atoms with Gasteiger partial charge in [-0.05, 0) is 37.5 Å². The van der Waals surface area contributed by atoms with E-state index in [0.29, 0.717) is 31.6 Å². The minimum Gasteiger partial charge on any atom is -0.342 e. The number of amides is 2. The first-order chi connectivity index (χ1) is 12.1. The summed E-state index contributed by atoms with van der Waals surface area (Å²) in [5, 5.41) is 0. The second kappa shape index (κ2) is 7.77. The molecule has 2 aliphatic heterocycles. The first-order valence-electron chi connectivity index (χ1n) is 9.05. The summed E-state index contributed by atoms with van der Waals surface area (Å²) >= 11 is 1.81. The summed E-state index contributed by atoms with van der Waals surface area (Å²) in [7, 11) is 0. The summed E-state index contributed by atoms with van der Waals surface area (Å²) in [6.45, 7) is 4.16. The molecule has 2 aliphatic rings. The Balaban J connectivity index is 1.68. The number of piperidine rings is 1. The molecule has 0 aliphatic carbocycles. The zero-order valence-electron chi connectivity index (χ0n) is 14.7. The highest BCUT2D eigenvalue weighted by Gasteiger charge is 2.46. The minimum atomic E-state index is -0.386. The maximum atomic E-state index is 13.5. The number of carbonyl (C=O) groups is 2. The van der Waals surface area contributed by atoms with Gasteiger partial charge in [0, 0.05) is 37.4 Å². The maximum Gasteiger partial charge on any atom is 0.255 e. The van der Waals surface area contributed by atoms with E-state index in [-0.39, 0.29) is 22.5 Å². The van der Waals surface area contributed by atoms with Crippen LogP contribution in [0.2, 0.25) is 0 Å². The summed E-state index contributed by atoms with van der Waals surface area (Å²) in [5.41, 5.74) is 0.406. The molecule has 4 nitrogen and oxygen atoms in total. The van der Waals surface area contributed by atoms with E-state index in [1.807, 2.05) is 9.80 Å². The SMILES string of the molecule is CCCCC(=O)N1CCC2(CC1)SCCN2C(=O)c1cccc(F)c1. The van der Waals surface area contributed by atoms with Gasteiger partial charge in [0.1, 0.15) is 5.82 Å². The number of carbonyl (C=O) groups excluding carboxylic acids is 2. The van der Waals surface area contributed by atoms with Crippen LogP contribution >= 0.6 is 11.8 Å². The lowest BCUT2D eigenvalue weighted by molar-refractivity contribution is -0.132. The van der Waals surface area contributed by atoms with Gasteiger partial charge >= 0.3 is 0 Å². The van der Waals surface area contributed by atoms with Gasteiger partial charge in [-0.25, -0.2) is 4.39 Å². The summed E-state index contributed by atoms with van der Waals surface area (Å²) < 4.78 is 13.5. The third-order valence-electron chi connectivity index (χ3n) is 5.14. The molecular weight excluding hydrogens is 339 g/mol. The van der Waals surface area contributed by atoms with Crippen molar-refractivity contribution in [2.75, 3.05) is 25.4 Å². The molecule has 2 fully saturated rings. The first kappa shape index (κ1) is 18.2. The van der Waals surface area contributed by atoms with Crippen LogP contribution in [-0.2, 0) is 4.79 Å². The van der Waals surface area contributed by atoms with Crippen molar-refractivity contribution in [3.63, 3.8) is 0 Å². The fourth-order valence-corrected chi connectivity index (χ4v) is 5.13. The Morgan fingerprint density at radius 3 is 2.68 bits per heavy atom. The summed E-state index contributed by atoms with van der Waals surface area (Å²) in [6.07, 6.45) is 4.14. The van der Waals surface area contributed by atoms with E-state index >= 15 is 0 Å². The Kier molecular flexibility index (Phi) is 5.67. The molecule has 3 rings (SSSR count). The number of unbranched alkanes of at least 4 members (excludes halogenated alkanes) is 1. The average molecular weight is 364 g/mol. The fraction of sp³-hybridized carbons (Fsp3) is 0.579. The third kappa shape index (κ3) is 3.84. The Labute approximate surface area is 152 Å². The fourth-order valence-electron chi connectivity index (χ4n) is 3.68. The Morgan fingerprint density at radius 2 is 2.00 bits per heavy atom. The number of likely N-dealkylation sites (tertiary alicyclic amines) is 1. The van der Waals surface area contributed by atoms with Crippen LogP contribution in [0.25, 0.3) is 0 Å². The molecule has 1 aromatic rings. The van der Waals surface area contributed by atoms with Crippen LogP contribution in [-0.4, -0.2) is 51.9 Å². The van der Waals surface area contributed by atoms with Crippen LogP contribution in [0.15, 0.2) is 24.3 Å². The molecule has 1 spiro atoms. The van der Waals surface area contributed by atoms with Crippen molar-refractivity contribution in [2.45, 2.75) is 43.9 Å². The number of rotatable bonds is 4. The van der Waals surface area contributed by atoms with E-state index in [2.05, 4.69) is 6.92 Å². The van der Waals surface area contributed by atoms with Gasteiger partial charge in [-0.3, -0.25) is 9.59 Å². The maximum absolute atomic E-state index is 13.5. The van der Waals surface area contributed by atoms with Gasteiger partial charge < -0.3 is 9.80 Å². The zero-order valence-corrected chi connectivity index (χ0v) is 15.5. The van der Waals surface area contributed by atoms with Crippen molar-refractivity contribution in [3.05, 3.63) is 35.6 Å². The largest absolute Gasteiger partial charge is 0.342 e. The summed E-state index contributed by atoms with van der Waals surface area (Å²) in [5.74, 6) is 0.631. The molecule has 1 aromatic carbocycles. The van der Waals surface area contributed by atoms with Gasteiger partial charge in [0.05, 0.1) is 4.87 Å². The van der Waals surface area contributed by atoms with Gasteiger partial charge in [-0.2, -0.15) is 0 Å². The molecule has 2 amide bonds. The predicted molar refractivity (Wildman–Crippen MR) is 98.0 cm³/mol. The lowest BCUT2D eigenvalue weighted by Crippen LogP contribution is -2.53. The smallest absolute Gasteiger partial charge is 0.255 e. The molecule has 0 saturated carbocycles. The van der Waals surface area contributed by atoms with Crippen LogP contribution in [0, 0.1) is 5.82 Å². The van der Waals surface area contributed by atoms with Crippen molar-refractivity contribution in [1.29, 1.82) is 0 Å². The van der Waals surface area contributed by atoms with E-state index in [9.17, 15) is 14.0 Å². The second-order valence-electron chi connectivity index (χ2n) is 6.75. The lowest BCUT2D eigenvalue weighted by atomic mass is 10.0. The predicted octanol–water partition coefficient (Wildman–Crippen LogP) is 3.52. The molecule has 0 unspecified atom stereocenters. The monoisotopic (exact) mass is 364 g/mol. The molecule has 0 bridgehead atoms. The molecule has 2 saturated heterocycles. The van der Waals surface area contributed by atoms with E-state index < -0.39 is 0 Å². The van der Waals surface area contributed by atoms with Crippen molar-refractivity contribution in [2.24, 2.45) is 0 Å². The minimum absolute atomic E-state index is 0.102. The molecule has 2 heterocycles. The highest BCUT2D eigenvalue weighted by atomic mass is 32.2. The van der Waals surface area contributed by atoms with Crippen molar-refractivity contribution < 1.29 is 14.0 Å². The molecule has 25 heavy (non-hydrogen) atoms. The van der Waals surface area contributed by atoms with E-state index in [0.717, 1.165) is 31.4 Å². The molecule has 0 radical (unpaired) electrons. The van der Waals surface area contributed by atoms with Crippen molar-refractivity contribution in [1.82, 2.24) is 9.80 Å². The standard InChI is InChI=1S/C19H25FN2O2S/c1-2-3-7-17(23)21-10-8-19(9-11-21)22(12-13-25-19)18(24)15-5-4-6-16(20)14-15/h4-6,14H,2-3,7-13H2,1H3. The molecule has 0 N–H and O–H groups in total. The van der Waals surface area contributed by atoms with Gasteiger partial charge in [0.2, 0.25) is 5.91 Å². The average Bonchev–Trinajstić information content (AvgIpc) is 3.02. The van der Waals surface area contributed by atoms with Crippen molar-refractivity contribution in [3.8, 4) is 0 Å². The highest BCUT2D eigenvalue weighted by Crippen LogP contribution is 2.44. The van der Waals surface area contributed by atoms with Gasteiger partial charge in [-0.15, -0.1) is 11.8 Å². The number of hydrogen-bond donors (Lipinski definition) is 0. The van der Waals surface area contributed by atoms with Gasteiger partial charge in [0.15, 0.2) is 0 Å². The number of nitrogens with zero attached hydrogens (tertiary/aromatic N) is 2. The van der Waals surface area contributed by atoms with E-state index in [1.54, 1.807) is 23.9 Å². The Hall–Kier alpha value is -1.56. The number of halogens is 1. The quantitative estimate of drug-likeness (QED) is 0.821. The van der Waals surface area contributed by atoms with Gasteiger partial charge in [0.25, 0.3) is 5.91 Å². The van der Waals surface area contributed by atoms with Crippen LogP contribution in [0.4, 0.5) is 4.39 Å². The number of hydrogen-bond acceptors (Lipinski definition) is 3. The van der Waals surface area contributed by atoms with Gasteiger partial charge in [-0.1, -0.05) is 19.4 Å². The molecule has 0 aromatic heterocycles.